The zero-order chi connectivity index (χ0) is 12.9. The molecule has 3 aromatic rings. The van der Waals surface area contributed by atoms with Gasteiger partial charge in [-0.1, -0.05) is 0 Å². The first kappa shape index (κ1) is 10.6. The van der Waals surface area contributed by atoms with E-state index in [4.69, 9.17) is 0 Å². The minimum absolute atomic E-state index is 0.00243. The van der Waals surface area contributed by atoms with Gasteiger partial charge in [0.15, 0.2) is 5.65 Å². The van der Waals surface area contributed by atoms with Crippen LogP contribution in [0.5, 0.6) is 0 Å². The van der Waals surface area contributed by atoms with Crippen molar-refractivity contribution in [3.8, 4) is 0 Å². The first-order valence-corrected chi connectivity index (χ1v) is 5.46. The molecule has 0 aliphatic heterocycles. The minimum atomic E-state index is -0.433. The maximum atomic E-state index is 10.9. The summed E-state index contributed by atoms with van der Waals surface area (Å²) in [6, 6.07) is 3.87. The van der Waals surface area contributed by atoms with E-state index in [-0.39, 0.29) is 5.69 Å². The summed E-state index contributed by atoms with van der Waals surface area (Å²) >= 11 is 0. The highest BCUT2D eigenvalue weighted by atomic mass is 16.6. The van der Waals surface area contributed by atoms with Gasteiger partial charge in [0, 0.05) is 6.20 Å². The number of hydrogen-bond donors (Lipinski definition) is 0. The molecule has 0 spiro atoms. The molecule has 0 aromatic carbocycles. The maximum absolute atomic E-state index is 10.9. The van der Waals surface area contributed by atoms with E-state index in [1.165, 1.54) is 6.20 Å². The van der Waals surface area contributed by atoms with Crippen LogP contribution in [-0.4, -0.2) is 19.3 Å². The summed E-state index contributed by atoms with van der Waals surface area (Å²) < 4.78 is 1.83. The summed E-state index contributed by atoms with van der Waals surface area (Å²) in [5.41, 5.74) is 3.61. The lowest BCUT2D eigenvalue weighted by atomic mass is 10.2. The van der Waals surface area contributed by atoms with Crippen molar-refractivity contribution in [2.75, 3.05) is 0 Å². The highest BCUT2D eigenvalue weighted by Gasteiger charge is 2.17. The molecular formula is C12H10N4O2. The second kappa shape index (κ2) is 3.49. The quantitative estimate of drug-likeness (QED) is 0.485. The van der Waals surface area contributed by atoms with Gasteiger partial charge in [0.1, 0.15) is 17.4 Å². The smallest absolute Gasteiger partial charge is 0.284 e. The lowest BCUT2D eigenvalue weighted by Gasteiger charge is -1.97. The van der Waals surface area contributed by atoms with Gasteiger partial charge >= 0.3 is 0 Å². The number of fused-ring (bicyclic) bond motifs is 3. The van der Waals surface area contributed by atoms with Crippen molar-refractivity contribution >= 4 is 22.5 Å². The second-order valence-electron chi connectivity index (χ2n) is 4.24. The Morgan fingerprint density at radius 1 is 1.39 bits per heavy atom. The summed E-state index contributed by atoms with van der Waals surface area (Å²) in [5.74, 6) is 0. The molecule has 3 heterocycles. The van der Waals surface area contributed by atoms with Crippen molar-refractivity contribution in [2.45, 2.75) is 13.8 Å². The highest BCUT2D eigenvalue weighted by molar-refractivity contribution is 5.82. The van der Waals surface area contributed by atoms with E-state index in [2.05, 4.69) is 9.97 Å². The second-order valence-corrected chi connectivity index (χ2v) is 4.24. The van der Waals surface area contributed by atoms with E-state index < -0.39 is 4.92 Å². The summed E-state index contributed by atoms with van der Waals surface area (Å²) in [4.78, 5) is 19.0. The fourth-order valence-electron chi connectivity index (χ4n) is 2.03. The fraction of sp³-hybridized carbons (Fsp3) is 0.167. The first-order valence-electron chi connectivity index (χ1n) is 5.46. The number of aromatic nitrogens is 3. The van der Waals surface area contributed by atoms with Crippen LogP contribution >= 0.6 is 0 Å². The molecule has 3 rings (SSSR count). The molecule has 0 aliphatic carbocycles. The van der Waals surface area contributed by atoms with Gasteiger partial charge < -0.3 is 0 Å². The van der Waals surface area contributed by atoms with Gasteiger partial charge in [-0.2, -0.15) is 0 Å². The van der Waals surface area contributed by atoms with E-state index in [0.29, 0.717) is 16.7 Å². The topological polar surface area (TPSA) is 73.3 Å². The molecule has 6 nitrogen and oxygen atoms in total. The first-order chi connectivity index (χ1) is 8.58. The number of nitrogens with zero attached hydrogens (tertiary/aromatic N) is 4. The molecule has 0 radical (unpaired) electrons. The van der Waals surface area contributed by atoms with Crippen LogP contribution < -0.4 is 0 Å². The molecule has 3 aromatic heterocycles. The Kier molecular flexibility index (Phi) is 2.07. The molecule has 0 fully saturated rings. The van der Waals surface area contributed by atoms with E-state index >= 15 is 0 Å². The van der Waals surface area contributed by atoms with Crippen molar-refractivity contribution in [2.24, 2.45) is 0 Å². The van der Waals surface area contributed by atoms with Gasteiger partial charge in [-0.15, -0.1) is 0 Å². The third-order valence-electron chi connectivity index (χ3n) is 3.00. The number of nitro groups is 1. The van der Waals surface area contributed by atoms with Crippen LogP contribution in [0.1, 0.15) is 11.1 Å². The summed E-state index contributed by atoms with van der Waals surface area (Å²) in [5, 5.41) is 10.9. The zero-order valence-electron chi connectivity index (χ0n) is 9.91. The molecule has 0 bridgehead atoms. The average molecular weight is 242 g/mol. The molecule has 0 saturated heterocycles. The normalized spacial score (nSPS) is 11.2. The molecular weight excluding hydrogens is 232 g/mol. The van der Waals surface area contributed by atoms with Crippen LogP contribution in [0, 0.1) is 24.0 Å². The van der Waals surface area contributed by atoms with Crippen LogP contribution in [-0.2, 0) is 0 Å². The van der Waals surface area contributed by atoms with Crippen LogP contribution in [0.3, 0.4) is 0 Å². The van der Waals surface area contributed by atoms with Crippen molar-refractivity contribution < 1.29 is 4.92 Å². The van der Waals surface area contributed by atoms with Gasteiger partial charge in [-0.3, -0.25) is 14.5 Å². The molecule has 0 N–H and O–H groups in total. The SMILES string of the molecule is Cc1ccn2c(c1)nc1c(C)c([N+](=O)[O-])cnc12. The van der Waals surface area contributed by atoms with E-state index in [1.807, 2.05) is 29.7 Å². The largest absolute Gasteiger partial charge is 0.292 e. The molecule has 0 aliphatic rings. The third-order valence-corrected chi connectivity index (χ3v) is 3.00. The Morgan fingerprint density at radius 3 is 2.89 bits per heavy atom. The third kappa shape index (κ3) is 1.35. The monoisotopic (exact) mass is 242 g/mol. The Labute approximate surface area is 102 Å². The summed E-state index contributed by atoms with van der Waals surface area (Å²) in [6.45, 7) is 3.67. The number of rotatable bonds is 1. The van der Waals surface area contributed by atoms with Gasteiger partial charge in [0.05, 0.1) is 10.5 Å². The predicted molar refractivity (Wildman–Crippen MR) is 66.6 cm³/mol. The van der Waals surface area contributed by atoms with Crippen LogP contribution in [0.4, 0.5) is 5.69 Å². The minimum Gasteiger partial charge on any atom is -0.284 e. The van der Waals surface area contributed by atoms with Crippen molar-refractivity contribution in [3.05, 3.63) is 45.8 Å². The molecule has 18 heavy (non-hydrogen) atoms. The van der Waals surface area contributed by atoms with E-state index in [0.717, 1.165) is 11.2 Å². The molecule has 0 unspecified atom stereocenters. The van der Waals surface area contributed by atoms with Crippen molar-refractivity contribution in [1.29, 1.82) is 0 Å². The number of pyridine rings is 2. The van der Waals surface area contributed by atoms with E-state index in [9.17, 15) is 10.1 Å². The van der Waals surface area contributed by atoms with Crippen LogP contribution in [0.15, 0.2) is 24.5 Å². The Balaban J connectivity index is 2.46. The van der Waals surface area contributed by atoms with Gasteiger partial charge in [-0.25, -0.2) is 9.97 Å². The number of aryl methyl sites for hydroxylation is 2. The molecule has 0 saturated carbocycles. The lowest BCUT2D eigenvalue weighted by molar-refractivity contribution is -0.385. The average Bonchev–Trinajstić information content (AvgIpc) is 2.67. The standard InChI is InChI=1S/C12H10N4O2/c1-7-3-4-15-10(5-7)14-11-8(2)9(16(17)18)6-13-12(11)15/h3-6H,1-2H3. The molecule has 90 valence electrons. The molecule has 0 amide bonds. The Morgan fingerprint density at radius 2 is 2.17 bits per heavy atom. The van der Waals surface area contributed by atoms with Crippen LogP contribution in [0.25, 0.3) is 16.8 Å². The van der Waals surface area contributed by atoms with E-state index in [1.54, 1.807) is 6.92 Å². The van der Waals surface area contributed by atoms with Gasteiger partial charge in [0.2, 0.25) is 0 Å². The maximum Gasteiger partial charge on any atom is 0.292 e. The van der Waals surface area contributed by atoms with Crippen molar-refractivity contribution in [1.82, 2.24) is 14.4 Å². The molecule has 6 heteroatoms. The highest BCUT2D eigenvalue weighted by Crippen LogP contribution is 2.25. The summed E-state index contributed by atoms with van der Waals surface area (Å²) in [6.07, 6.45) is 3.16. The predicted octanol–water partition coefficient (Wildman–Crippen LogP) is 2.41. The van der Waals surface area contributed by atoms with Gasteiger partial charge in [-0.05, 0) is 31.5 Å². The molecule has 0 atom stereocenters. The van der Waals surface area contributed by atoms with Crippen molar-refractivity contribution in [3.63, 3.8) is 0 Å². The summed E-state index contributed by atoms with van der Waals surface area (Å²) in [7, 11) is 0. The number of hydrogen-bond acceptors (Lipinski definition) is 4. The Bertz CT molecular complexity index is 791. The van der Waals surface area contributed by atoms with Crippen LogP contribution in [0.2, 0.25) is 0 Å². The van der Waals surface area contributed by atoms with Gasteiger partial charge in [0.25, 0.3) is 5.69 Å². The number of imidazole rings is 1. The fourth-order valence-corrected chi connectivity index (χ4v) is 2.03. The zero-order valence-corrected chi connectivity index (χ0v) is 9.91. The Hall–Kier alpha value is -2.50. The lowest BCUT2D eigenvalue weighted by Crippen LogP contribution is -1.94.